The molecule has 1 aromatic heterocycles. The number of ether oxygens (including phenoxy) is 2. The lowest BCUT2D eigenvalue weighted by atomic mass is 10.2. The smallest absolute Gasteiger partial charge is 0.162 e. The third-order valence-corrected chi connectivity index (χ3v) is 3.30. The second-order valence-electron chi connectivity index (χ2n) is 4.59. The van der Waals surface area contributed by atoms with Gasteiger partial charge >= 0.3 is 0 Å². The van der Waals surface area contributed by atoms with E-state index >= 15 is 0 Å². The molecular formula is C16H15N3O3. The number of benzene rings is 2. The summed E-state index contributed by atoms with van der Waals surface area (Å²) in [5.74, 6) is 1.91. The van der Waals surface area contributed by atoms with E-state index in [1.807, 2.05) is 6.07 Å². The van der Waals surface area contributed by atoms with E-state index in [-0.39, 0.29) is 5.75 Å². The van der Waals surface area contributed by atoms with Crippen LogP contribution in [0, 0.1) is 0 Å². The van der Waals surface area contributed by atoms with Crippen LogP contribution in [0.4, 0.5) is 11.5 Å². The molecule has 0 fully saturated rings. The second kappa shape index (κ2) is 5.77. The molecule has 0 radical (unpaired) electrons. The molecule has 0 saturated heterocycles. The Morgan fingerprint density at radius 1 is 1.00 bits per heavy atom. The van der Waals surface area contributed by atoms with E-state index in [2.05, 4.69) is 15.3 Å². The van der Waals surface area contributed by atoms with Gasteiger partial charge in [0.1, 0.15) is 17.9 Å². The van der Waals surface area contributed by atoms with Crippen molar-refractivity contribution in [2.75, 3.05) is 19.5 Å². The monoisotopic (exact) mass is 297 g/mol. The molecule has 0 bridgehead atoms. The molecule has 0 aliphatic heterocycles. The number of para-hydroxylation sites is 2. The van der Waals surface area contributed by atoms with Crippen LogP contribution in [0.25, 0.3) is 10.9 Å². The third-order valence-electron chi connectivity index (χ3n) is 3.30. The summed E-state index contributed by atoms with van der Waals surface area (Å²) in [6.07, 6.45) is 1.45. The number of hydrogen-bond acceptors (Lipinski definition) is 6. The molecule has 112 valence electrons. The van der Waals surface area contributed by atoms with Crippen molar-refractivity contribution in [2.45, 2.75) is 0 Å². The minimum Gasteiger partial charge on any atom is -0.506 e. The molecule has 0 aliphatic rings. The Morgan fingerprint density at radius 2 is 1.73 bits per heavy atom. The van der Waals surface area contributed by atoms with Crippen molar-refractivity contribution < 1.29 is 14.6 Å². The Labute approximate surface area is 127 Å². The second-order valence-corrected chi connectivity index (χ2v) is 4.59. The highest BCUT2D eigenvalue weighted by Gasteiger charge is 2.11. The molecule has 1 heterocycles. The van der Waals surface area contributed by atoms with Crippen molar-refractivity contribution in [1.82, 2.24) is 9.97 Å². The normalized spacial score (nSPS) is 10.5. The molecule has 2 aromatic carbocycles. The van der Waals surface area contributed by atoms with Gasteiger partial charge in [0.2, 0.25) is 0 Å². The molecule has 0 atom stereocenters. The number of rotatable bonds is 4. The van der Waals surface area contributed by atoms with Crippen LogP contribution in [0.15, 0.2) is 42.7 Å². The predicted octanol–water partition coefficient (Wildman–Crippen LogP) is 3.10. The van der Waals surface area contributed by atoms with Crippen molar-refractivity contribution in [3.8, 4) is 17.2 Å². The number of nitrogens with zero attached hydrogens (tertiary/aromatic N) is 2. The number of nitrogens with one attached hydrogen (secondary N) is 1. The van der Waals surface area contributed by atoms with Crippen LogP contribution in [0.1, 0.15) is 0 Å². The standard InChI is InChI=1S/C16H15N3O3/c1-21-14-7-10-12(8-15(14)22-2)17-9-18-16(10)19-11-5-3-4-6-13(11)20/h3-9,20H,1-2H3,(H,17,18,19). The quantitative estimate of drug-likeness (QED) is 0.721. The van der Waals surface area contributed by atoms with Crippen molar-refractivity contribution in [1.29, 1.82) is 0 Å². The summed E-state index contributed by atoms with van der Waals surface area (Å²) < 4.78 is 10.6. The Kier molecular flexibility index (Phi) is 3.65. The molecule has 0 saturated carbocycles. The number of aromatic hydroxyl groups is 1. The van der Waals surface area contributed by atoms with Crippen LogP contribution in [0.5, 0.6) is 17.2 Å². The maximum atomic E-state index is 9.88. The molecule has 0 spiro atoms. The Morgan fingerprint density at radius 3 is 2.45 bits per heavy atom. The SMILES string of the molecule is COc1cc2ncnc(Nc3ccccc3O)c2cc1OC. The Hall–Kier alpha value is -3.02. The summed E-state index contributed by atoms with van der Waals surface area (Å²) in [7, 11) is 3.15. The zero-order valence-electron chi connectivity index (χ0n) is 12.2. The van der Waals surface area contributed by atoms with E-state index in [1.54, 1.807) is 44.6 Å². The number of fused-ring (bicyclic) bond motifs is 1. The molecule has 0 unspecified atom stereocenters. The molecule has 0 amide bonds. The van der Waals surface area contributed by atoms with Crippen molar-refractivity contribution >= 4 is 22.4 Å². The first-order valence-corrected chi connectivity index (χ1v) is 6.64. The van der Waals surface area contributed by atoms with Crippen LogP contribution in [-0.2, 0) is 0 Å². The average Bonchev–Trinajstić information content (AvgIpc) is 2.56. The van der Waals surface area contributed by atoms with E-state index in [9.17, 15) is 5.11 Å². The molecule has 0 aliphatic carbocycles. The molecule has 6 nitrogen and oxygen atoms in total. The van der Waals surface area contributed by atoms with Gasteiger partial charge in [-0.3, -0.25) is 0 Å². The predicted molar refractivity (Wildman–Crippen MR) is 84.0 cm³/mol. The van der Waals surface area contributed by atoms with Gasteiger partial charge in [-0.2, -0.15) is 0 Å². The van der Waals surface area contributed by atoms with Gasteiger partial charge in [0.25, 0.3) is 0 Å². The van der Waals surface area contributed by atoms with E-state index in [4.69, 9.17) is 9.47 Å². The topological polar surface area (TPSA) is 76.5 Å². The van der Waals surface area contributed by atoms with Gasteiger partial charge < -0.3 is 19.9 Å². The van der Waals surface area contributed by atoms with E-state index in [0.717, 1.165) is 5.39 Å². The number of hydrogen-bond donors (Lipinski definition) is 2. The fraction of sp³-hybridized carbons (Fsp3) is 0.125. The summed E-state index contributed by atoms with van der Waals surface area (Å²) in [5, 5.41) is 13.7. The maximum Gasteiger partial charge on any atom is 0.162 e. The average molecular weight is 297 g/mol. The highest BCUT2D eigenvalue weighted by atomic mass is 16.5. The summed E-state index contributed by atoms with van der Waals surface area (Å²) in [6.45, 7) is 0. The van der Waals surface area contributed by atoms with Gasteiger partial charge in [0.05, 0.1) is 25.4 Å². The van der Waals surface area contributed by atoms with Crippen LogP contribution in [0.3, 0.4) is 0 Å². The zero-order valence-corrected chi connectivity index (χ0v) is 12.2. The minimum absolute atomic E-state index is 0.148. The highest BCUT2D eigenvalue weighted by molar-refractivity contribution is 5.93. The largest absolute Gasteiger partial charge is 0.506 e. The van der Waals surface area contributed by atoms with Gasteiger partial charge in [-0.05, 0) is 18.2 Å². The summed E-state index contributed by atoms with van der Waals surface area (Å²) in [6, 6.07) is 10.5. The van der Waals surface area contributed by atoms with Crippen LogP contribution in [0.2, 0.25) is 0 Å². The number of phenolic OH excluding ortho intramolecular Hbond substituents is 1. The highest BCUT2D eigenvalue weighted by Crippen LogP contribution is 2.35. The molecule has 6 heteroatoms. The fourth-order valence-electron chi connectivity index (χ4n) is 2.19. The Balaban J connectivity index is 2.12. The lowest BCUT2D eigenvalue weighted by Crippen LogP contribution is -1.98. The van der Waals surface area contributed by atoms with E-state index in [1.165, 1.54) is 6.33 Å². The van der Waals surface area contributed by atoms with Crippen molar-refractivity contribution in [2.24, 2.45) is 0 Å². The number of phenols is 1. The molecule has 3 rings (SSSR count). The lowest BCUT2D eigenvalue weighted by Gasteiger charge is -2.12. The van der Waals surface area contributed by atoms with E-state index < -0.39 is 0 Å². The zero-order chi connectivity index (χ0) is 15.5. The molecule has 3 aromatic rings. The summed E-state index contributed by atoms with van der Waals surface area (Å²) in [4.78, 5) is 8.49. The van der Waals surface area contributed by atoms with Crippen molar-refractivity contribution in [3.63, 3.8) is 0 Å². The van der Waals surface area contributed by atoms with E-state index in [0.29, 0.717) is 28.5 Å². The molecule has 2 N–H and O–H groups in total. The van der Waals surface area contributed by atoms with Gasteiger partial charge in [-0.15, -0.1) is 0 Å². The first kappa shape index (κ1) is 13.9. The van der Waals surface area contributed by atoms with Crippen LogP contribution in [-0.4, -0.2) is 29.3 Å². The molecular weight excluding hydrogens is 282 g/mol. The number of anilines is 2. The van der Waals surface area contributed by atoms with Gasteiger partial charge in [0, 0.05) is 11.5 Å². The van der Waals surface area contributed by atoms with Crippen molar-refractivity contribution in [3.05, 3.63) is 42.7 Å². The number of aromatic nitrogens is 2. The third kappa shape index (κ3) is 2.46. The summed E-state index contributed by atoms with van der Waals surface area (Å²) in [5.41, 5.74) is 1.28. The molecule has 22 heavy (non-hydrogen) atoms. The van der Waals surface area contributed by atoms with Gasteiger partial charge in [-0.1, -0.05) is 12.1 Å². The Bertz CT molecular complexity index is 821. The lowest BCUT2D eigenvalue weighted by molar-refractivity contribution is 0.356. The maximum absolute atomic E-state index is 9.88. The van der Waals surface area contributed by atoms with Crippen LogP contribution >= 0.6 is 0 Å². The first-order chi connectivity index (χ1) is 10.7. The fourth-order valence-corrected chi connectivity index (χ4v) is 2.19. The van der Waals surface area contributed by atoms with Gasteiger partial charge in [-0.25, -0.2) is 9.97 Å². The van der Waals surface area contributed by atoms with Crippen LogP contribution < -0.4 is 14.8 Å². The first-order valence-electron chi connectivity index (χ1n) is 6.64. The minimum atomic E-state index is 0.148. The summed E-state index contributed by atoms with van der Waals surface area (Å²) >= 11 is 0. The number of methoxy groups -OCH3 is 2. The van der Waals surface area contributed by atoms with Gasteiger partial charge in [0.15, 0.2) is 11.5 Å².